The quantitative estimate of drug-likeness (QED) is 0.735. The van der Waals surface area contributed by atoms with Crippen LogP contribution in [-0.2, 0) is 0 Å². The monoisotopic (exact) mass is 239 g/mol. The molecular formula is C6H4BrF2NO2. The fourth-order valence-electron chi connectivity index (χ4n) is 0.706. The van der Waals surface area contributed by atoms with E-state index in [4.69, 9.17) is 5.11 Å². The average Bonchev–Trinajstić information content (AvgIpc) is 1.96. The summed E-state index contributed by atoms with van der Waals surface area (Å²) in [5, 5.41) is 9.00. The minimum atomic E-state index is -2.86. The van der Waals surface area contributed by atoms with E-state index in [1.54, 1.807) is 0 Å². The van der Waals surface area contributed by atoms with Crippen LogP contribution in [0.3, 0.4) is 0 Å². The van der Waals surface area contributed by atoms with Gasteiger partial charge >= 0.3 is 0 Å². The van der Waals surface area contributed by atoms with Gasteiger partial charge in [-0.15, -0.1) is 0 Å². The van der Waals surface area contributed by atoms with Crippen LogP contribution in [0, 0.1) is 0 Å². The summed E-state index contributed by atoms with van der Waals surface area (Å²) in [5.74, 6) is -0.635. The first-order chi connectivity index (χ1) is 5.52. The maximum absolute atomic E-state index is 12.1. The molecule has 0 aliphatic rings. The first-order valence-electron chi connectivity index (χ1n) is 2.92. The van der Waals surface area contributed by atoms with Crippen molar-refractivity contribution in [2.24, 2.45) is 0 Å². The maximum atomic E-state index is 12.1. The van der Waals surface area contributed by atoms with Crippen molar-refractivity contribution in [2.45, 2.75) is 6.43 Å². The molecule has 0 aliphatic heterocycles. The molecule has 0 atom stereocenters. The highest BCUT2D eigenvalue weighted by molar-refractivity contribution is 9.10. The lowest BCUT2D eigenvalue weighted by Gasteiger charge is -2.02. The summed E-state index contributed by atoms with van der Waals surface area (Å²) in [5.41, 5.74) is -1.36. The summed E-state index contributed by atoms with van der Waals surface area (Å²) in [7, 11) is 0. The van der Waals surface area contributed by atoms with Gasteiger partial charge in [0.25, 0.3) is 6.43 Å². The Morgan fingerprint density at radius 1 is 1.58 bits per heavy atom. The Hall–Kier alpha value is -0.910. The van der Waals surface area contributed by atoms with E-state index in [0.29, 0.717) is 6.07 Å². The minimum absolute atomic E-state index is 0.134. The molecule has 0 radical (unpaired) electrons. The van der Waals surface area contributed by atoms with E-state index in [1.165, 1.54) is 0 Å². The van der Waals surface area contributed by atoms with Gasteiger partial charge in [-0.2, -0.15) is 0 Å². The molecule has 0 amide bonds. The number of H-pyrrole nitrogens is 1. The van der Waals surface area contributed by atoms with Gasteiger partial charge in [0.2, 0.25) is 5.56 Å². The fraction of sp³-hybridized carbons (Fsp3) is 0.167. The first-order valence-corrected chi connectivity index (χ1v) is 3.71. The van der Waals surface area contributed by atoms with Gasteiger partial charge in [-0.25, -0.2) is 8.78 Å². The van der Waals surface area contributed by atoms with Gasteiger partial charge in [-0.1, -0.05) is 0 Å². The Kier molecular flexibility index (Phi) is 2.46. The molecule has 66 valence electrons. The summed E-state index contributed by atoms with van der Waals surface area (Å²) in [6.07, 6.45) is -2.86. The molecular weight excluding hydrogens is 236 g/mol. The highest BCUT2D eigenvalue weighted by Crippen LogP contribution is 2.30. The van der Waals surface area contributed by atoms with Crippen LogP contribution in [0.25, 0.3) is 0 Å². The SMILES string of the molecule is O=c1cc(C(F)F)c(O)c(Br)[nH]1. The molecule has 0 bridgehead atoms. The number of hydrogen-bond acceptors (Lipinski definition) is 2. The summed E-state index contributed by atoms with van der Waals surface area (Å²) in [6, 6.07) is 0.657. The highest BCUT2D eigenvalue weighted by Gasteiger charge is 2.15. The molecule has 1 rings (SSSR count). The van der Waals surface area contributed by atoms with Crippen LogP contribution in [0.15, 0.2) is 15.5 Å². The molecule has 6 heteroatoms. The molecule has 0 saturated heterocycles. The van der Waals surface area contributed by atoms with Crippen LogP contribution in [0.1, 0.15) is 12.0 Å². The number of aromatic amines is 1. The molecule has 0 aromatic carbocycles. The first kappa shape index (κ1) is 9.18. The minimum Gasteiger partial charge on any atom is -0.505 e. The molecule has 1 heterocycles. The third-order valence-electron chi connectivity index (χ3n) is 1.24. The molecule has 1 aromatic heterocycles. The largest absolute Gasteiger partial charge is 0.505 e. The second-order valence-electron chi connectivity index (χ2n) is 2.05. The Morgan fingerprint density at radius 3 is 2.67 bits per heavy atom. The van der Waals surface area contributed by atoms with E-state index < -0.39 is 23.3 Å². The fourth-order valence-corrected chi connectivity index (χ4v) is 1.13. The van der Waals surface area contributed by atoms with E-state index in [-0.39, 0.29) is 4.60 Å². The number of nitrogens with one attached hydrogen (secondary N) is 1. The van der Waals surface area contributed by atoms with E-state index in [1.807, 2.05) is 0 Å². The van der Waals surface area contributed by atoms with Crippen LogP contribution in [0.4, 0.5) is 8.78 Å². The number of aromatic hydroxyl groups is 1. The van der Waals surface area contributed by atoms with Gasteiger partial charge in [-0.05, 0) is 15.9 Å². The van der Waals surface area contributed by atoms with Crippen LogP contribution in [0.2, 0.25) is 0 Å². The van der Waals surface area contributed by atoms with Crippen molar-refractivity contribution in [1.82, 2.24) is 4.98 Å². The second kappa shape index (κ2) is 3.22. The van der Waals surface area contributed by atoms with Gasteiger partial charge < -0.3 is 10.1 Å². The normalized spacial score (nSPS) is 10.7. The maximum Gasteiger partial charge on any atom is 0.267 e. The molecule has 3 nitrogen and oxygen atoms in total. The van der Waals surface area contributed by atoms with Gasteiger partial charge in [0.05, 0.1) is 5.56 Å². The summed E-state index contributed by atoms with van der Waals surface area (Å²) < 4.78 is 24.0. The molecule has 12 heavy (non-hydrogen) atoms. The van der Waals surface area contributed by atoms with Crippen LogP contribution < -0.4 is 5.56 Å². The molecule has 0 spiro atoms. The van der Waals surface area contributed by atoms with Crippen molar-refractivity contribution in [3.63, 3.8) is 0 Å². The third kappa shape index (κ3) is 1.63. The Labute approximate surface area is 74.2 Å². The molecule has 0 fully saturated rings. The van der Waals surface area contributed by atoms with Gasteiger partial charge in [0.1, 0.15) is 4.60 Å². The van der Waals surface area contributed by atoms with Crippen LogP contribution in [0.5, 0.6) is 5.75 Å². The van der Waals surface area contributed by atoms with E-state index in [2.05, 4.69) is 20.9 Å². The molecule has 1 aromatic rings. The standard InChI is InChI=1S/C6H4BrF2NO2/c7-5-4(12)2(6(8)9)1-3(11)10-5/h1,6,12H,(H,10,11). The zero-order valence-corrected chi connectivity index (χ0v) is 7.23. The van der Waals surface area contributed by atoms with Crippen molar-refractivity contribution in [3.05, 3.63) is 26.6 Å². The van der Waals surface area contributed by atoms with Crippen LogP contribution >= 0.6 is 15.9 Å². The van der Waals surface area contributed by atoms with Crippen molar-refractivity contribution in [2.75, 3.05) is 0 Å². The smallest absolute Gasteiger partial charge is 0.267 e. The lowest BCUT2D eigenvalue weighted by atomic mass is 10.2. The van der Waals surface area contributed by atoms with E-state index in [0.717, 1.165) is 0 Å². The lowest BCUT2D eigenvalue weighted by Crippen LogP contribution is -2.06. The van der Waals surface area contributed by atoms with Crippen LogP contribution in [-0.4, -0.2) is 10.1 Å². The number of halogens is 3. The Morgan fingerprint density at radius 2 is 2.17 bits per heavy atom. The number of pyridine rings is 1. The summed E-state index contributed by atoms with van der Waals surface area (Å²) >= 11 is 2.73. The topological polar surface area (TPSA) is 53.1 Å². The molecule has 0 saturated carbocycles. The average molecular weight is 240 g/mol. The molecule has 0 unspecified atom stereocenters. The molecule has 0 aliphatic carbocycles. The number of aromatic nitrogens is 1. The van der Waals surface area contributed by atoms with E-state index >= 15 is 0 Å². The van der Waals surface area contributed by atoms with E-state index in [9.17, 15) is 13.6 Å². The van der Waals surface area contributed by atoms with Gasteiger partial charge in [0, 0.05) is 6.07 Å². The predicted molar refractivity (Wildman–Crippen MR) is 41.4 cm³/mol. The van der Waals surface area contributed by atoms with Crippen molar-refractivity contribution in [3.8, 4) is 5.75 Å². The summed E-state index contributed by atoms with van der Waals surface area (Å²) in [6.45, 7) is 0. The van der Waals surface area contributed by atoms with Crippen molar-refractivity contribution >= 4 is 15.9 Å². The third-order valence-corrected chi connectivity index (χ3v) is 1.81. The Balaban J connectivity index is 3.38. The number of alkyl halides is 2. The Bertz CT molecular complexity index is 350. The van der Waals surface area contributed by atoms with Crippen molar-refractivity contribution < 1.29 is 13.9 Å². The predicted octanol–water partition coefficient (Wildman–Crippen LogP) is 1.78. The second-order valence-corrected chi connectivity index (χ2v) is 2.85. The number of rotatable bonds is 1. The zero-order chi connectivity index (χ0) is 9.30. The highest BCUT2D eigenvalue weighted by atomic mass is 79.9. The lowest BCUT2D eigenvalue weighted by molar-refractivity contribution is 0.147. The molecule has 2 N–H and O–H groups in total. The van der Waals surface area contributed by atoms with Gasteiger partial charge in [-0.3, -0.25) is 4.79 Å². The zero-order valence-electron chi connectivity index (χ0n) is 5.64. The van der Waals surface area contributed by atoms with Gasteiger partial charge in [0.15, 0.2) is 5.75 Å². The summed E-state index contributed by atoms with van der Waals surface area (Å²) in [4.78, 5) is 12.7. The van der Waals surface area contributed by atoms with Crippen molar-refractivity contribution in [1.29, 1.82) is 0 Å². The number of hydrogen-bond donors (Lipinski definition) is 2.